The lowest BCUT2D eigenvalue weighted by Crippen LogP contribution is -2.48. The number of hydrogen-bond acceptors (Lipinski definition) is 11. The molecule has 0 bridgehead atoms. The Bertz CT molecular complexity index is 2200. The van der Waals surface area contributed by atoms with Gasteiger partial charge < -0.3 is 29.4 Å². The number of urea groups is 1. The zero-order chi connectivity index (χ0) is 39.3. The highest BCUT2D eigenvalue weighted by Gasteiger charge is 2.38. The zero-order valence-electron chi connectivity index (χ0n) is 30.5. The van der Waals surface area contributed by atoms with Gasteiger partial charge in [0.25, 0.3) is 0 Å². The van der Waals surface area contributed by atoms with Crippen molar-refractivity contribution < 1.29 is 37.2 Å². The summed E-state index contributed by atoms with van der Waals surface area (Å²) < 4.78 is 42.1. The monoisotopic (exact) mass is 754 g/mol. The van der Waals surface area contributed by atoms with Crippen molar-refractivity contribution in [3.63, 3.8) is 0 Å². The molecule has 1 N–H and O–H groups in total. The van der Waals surface area contributed by atoms with E-state index >= 15 is 8.78 Å². The molecule has 0 aliphatic carbocycles. The van der Waals surface area contributed by atoms with E-state index in [-0.39, 0.29) is 54.4 Å². The molecule has 0 atom stereocenters. The molecule has 0 fully saturated rings. The average Bonchev–Trinajstić information content (AvgIpc) is 3.62. The molecule has 2 amide bonds. The summed E-state index contributed by atoms with van der Waals surface area (Å²) in [4.78, 5) is 57.5. The first-order valence-electron chi connectivity index (χ1n) is 17.1. The van der Waals surface area contributed by atoms with Crippen LogP contribution in [0.3, 0.4) is 0 Å². The van der Waals surface area contributed by atoms with Gasteiger partial charge in [-0.05, 0) is 40.3 Å². The molecule has 2 aromatic carbocycles. The van der Waals surface area contributed by atoms with E-state index in [4.69, 9.17) is 9.47 Å². The Morgan fingerprint density at radius 2 is 1.80 bits per heavy atom. The third-order valence-electron chi connectivity index (χ3n) is 8.89. The number of amides is 2. The maximum atomic E-state index is 15.8. The number of likely N-dealkylation sites (N-methyl/N-ethyl adjacent to an activating group) is 1. The molecule has 2 aromatic heterocycles. The van der Waals surface area contributed by atoms with E-state index in [0.717, 1.165) is 11.0 Å². The molecule has 2 aliphatic rings. The van der Waals surface area contributed by atoms with Crippen molar-refractivity contribution in [1.29, 1.82) is 0 Å². The van der Waals surface area contributed by atoms with Crippen molar-refractivity contribution in [1.82, 2.24) is 15.0 Å². The Labute approximate surface area is 315 Å². The number of nitrogens with one attached hydrogen (secondary N) is 1. The van der Waals surface area contributed by atoms with Gasteiger partial charge in [0.05, 0.1) is 53.5 Å². The van der Waals surface area contributed by atoms with Crippen molar-refractivity contribution in [3.8, 4) is 11.5 Å². The van der Waals surface area contributed by atoms with Crippen LogP contribution in [0.25, 0.3) is 0 Å². The second-order valence-electron chi connectivity index (χ2n) is 13.4. The Balaban J connectivity index is 1.24. The number of halogens is 2. The van der Waals surface area contributed by atoms with Gasteiger partial charge in [0.1, 0.15) is 30.1 Å². The number of hydrogen-bond donors (Lipinski definition) is 1. The fourth-order valence-corrected chi connectivity index (χ4v) is 6.32. The van der Waals surface area contributed by atoms with Crippen molar-refractivity contribution in [2.45, 2.75) is 25.9 Å². The summed E-state index contributed by atoms with van der Waals surface area (Å²) in [6.45, 7) is 0.509. The maximum Gasteiger partial charge on any atom is 0.368 e. The summed E-state index contributed by atoms with van der Waals surface area (Å²) in [6, 6.07) is 12.6. The standard InChI is InChI=1S/C38H38F2N9O6/c1-49(2,23-26-13-15-42-35(26)48(52)53)16-8-11-28(50)18-24-9-7-10-25(17-24)21-47-36-27(20-43-37(45-36)44-31-12-5-6-14-41-31)22-46(38(47)51)34-32(39)29(54-3)19-30(55-4)33(34)40/h5-12,14-15,17,19-20H,13,16,18,21-23H2,1-4H3,(H,41,43,44,45)/q+1/b11-8+. The number of fused-ring (bicyclic) bond motifs is 1. The van der Waals surface area contributed by atoms with Crippen LogP contribution in [-0.4, -0.2) is 83.8 Å². The highest BCUT2D eigenvalue weighted by atomic mass is 19.1. The van der Waals surface area contributed by atoms with Crippen LogP contribution in [0, 0.1) is 21.7 Å². The first-order chi connectivity index (χ1) is 26.4. The number of quaternary nitrogens is 1. The van der Waals surface area contributed by atoms with Gasteiger partial charge in [0.15, 0.2) is 28.9 Å². The third-order valence-corrected chi connectivity index (χ3v) is 8.89. The fraction of sp³-hybridized carbons (Fsp3) is 0.263. The molecular weight excluding hydrogens is 716 g/mol. The summed E-state index contributed by atoms with van der Waals surface area (Å²) in [7, 11) is 6.27. The summed E-state index contributed by atoms with van der Waals surface area (Å²) >= 11 is 0. The van der Waals surface area contributed by atoms with Crippen LogP contribution in [0.2, 0.25) is 0 Å². The van der Waals surface area contributed by atoms with Gasteiger partial charge in [0, 0.05) is 36.9 Å². The number of allylic oxidation sites excluding steroid dienone is 1. The minimum atomic E-state index is -1.09. The van der Waals surface area contributed by atoms with E-state index in [1.807, 2.05) is 14.1 Å². The van der Waals surface area contributed by atoms with Crippen LogP contribution >= 0.6 is 0 Å². The van der Waals surface area contributed by atoms with Crippen molar-refractivity contribution in [3.05, 3.63) is 123 Å². The number of benzene rings is 2. The van der Waals surface area contributed by atoms with Gasteiger partial charge in [-0.25, -0.2) is 23.5 Å². The van der Waals surface area contributed by atoms with E-state index in [1.165, 1.54) is 37.6 Å². The molecule has 4 aromatic rings. The third kappa shape index (κ3) is 8.62. The fourth-order valence-electron chi connectivity index (χ4n) is 6.32. The molecule has 17 heteroatoms. The zero-order valence-corrected chi connectivity index (χ0v) is 30.5. The largest absolute Gasteiger partial charge is 0.493 e. The Hall–Kier alpha value is -6.62. The van der Waals surface area contributed by atoms with Gasteiger partial charge in [-0.1, -0.05) is 35.3 Å². The summed E-state index contributed by atoms with van der Waals surface area (Å²) in [6.07, 6.45) is 8.29. The normalized spacial score (nSPS) is 14.1. The first-order valence-corrected chi connectivity index (χ1v) is 17.1. The van der Waals surface area contributed by atoms with Gasteiger partial charge in [-0.15, -0.1) is 0 Å². The number of carbonyl (C=O) groups is 2. The molecule has 284 valence electrons. The number of nitro groups is 1. The molecular formula is C38H38F2N9O6+. The van der Waals surface area contributed by atoms with Crippen LogP contribution in [0.15, 0.2) is 89.5 Å². The number of methoxy groups -OCH3 is 2. The second kappa shape index (κ2) is 16.2. The van der Waals surface area contributed by atoms with Crippen LogP contribution in [-0.2, 0) is 24.3 Å². The van der Waals surface area contributed by atoms with Crippen molar-refractivity contribution >= 4 is 41.3 Å². The smallest absolute Gasteiger partial charge is 0.368 e. The van der Waals surface area contributed by atoms with Gasteiger partial charge in [0.2, 0.25) is 5.95 Å². The number of rotatable bonds is 15. The molecule has 0 unspecified atom stereocenters. The molecule has 0 saturated heterocycles. The molecule has 0 spiro atoms. The Kier molecular flexibility index (Phi) is 11.2. The van der Waals surface area contributed by atoms with Crippen LogP contribution in [0.5, 0.6) is 11.5 Å². The van der Waals surface area contributed by atoms with Gasteiger partial charge >= 0.3 is 11.9 Å². The molecule has 0 radical (unpaired) electrons. The second-order valence-corrected chi connectivity index (χ2v) is 13.4. The SMILES string of the molecule is COc1cc(OC)c(F)c(N2Cc3cnc(Nc4ccccn4)nc3N(Cc3cccc(CC(=O)/C=C/C[N+](C)(C)CC4=C([N+](=O)[O-])N=CC4)c3)C2=O)c1F. The molecule has 0 saturated carbocycles. The quantitative estimate of drug-likeness (QED) is 0.0683. The van der Waals surface area contributed by atoms with E-state index in [1.54, 1.807) is 54.7 Å². The highest BCUT2D eigenvalue weighted by molar-refractivity contribution is 6.06. The lowest BCUT2D eigenvalue weighted by Gasteiger charge is -2.36. The molecule has 2 aliphatic heterocycles. The van der Waals surface area contributed by atoms with E-state index < -0.39 is 28.3 Å². The summed E-state index contributed by atoms with van der Waals surface area (Å²) in [5.74, 6) is -2.29. The lowest BCUT2D eigenvalue weighted by atomic mass is 10.0. The van der Waals surface area contributed by atoms with Gasteiger partial charge in [-0.3, -0.25) is 14.6 Å². The number of pyridine rings is 1. The number of aliphatic imine (C=N–C) groups is 1. The number of anilines is 4. The number of aromatic nitrogens is 3. The molecule has 6 rings (SSSR count). The topological polar surface area (TPSA) is 165 Å². The number of ether oxygens (including phenoxy) is 2. The highest BCUT2D eigenvalue weighted by Crippen LogP contribution is 2.41. The van der Waals surface area contributed by atoms with Crippen molar-refractivity contribution in [2.75, 3.05) is 56.5 Å². The van der Waals surface area contributed by atoms with Crippen LogP contribution in [0.4, 0.5) is 36.8 Å². The van der Waals surface area contributed by atoms with Crippen LogP contribution in [0.1, 0.15) is 23.1 Å². The molecule has 4 heterocycles. The van der Waals surface area contributed by atoms with E-state index in [9.17, 15) is 19.7 Å². The molecule has 55 heavy (non-hydrogen) atoms. The number of carbonyl (C=O) groups excluding carboxylic acids is 2. The predicted molar refractivity (Wildman–Crippen MR) is 200 cm³/mol. The summed E-state index contributed by atoms with van der Waals surface area (Å²) in [5.41, 5.74) is 1.66. The average molecular weight is 755 g/mol. The first kappa shape index (κ1) is 38.1. The Morgan fingerprint density at radius 3 is 2.49 bits per heavy atom. The van der Waals surface area contributed by atoms with Crippen molar-refractivity contribution in [2.24, 2.45) is 4.99 Å². The minimum Gasteiger partial charge on any atom is -0.493 e. The number of nitrogens with zero attached hydrogens (tertiary/aromatic N) is 8. The Morgan fingerprint density at radius 1 is 1.05 bits per heavy atom. The minimum absolute atomic E-state index is 0.0548. The van der Waals surface area contributed by atoms with Gasteiger partial charge in [-0.2, -0.15) is 4.98 Å². The lowest BCUT2D eigenvalue weighted by molar-refractivity contribution is -0.880. The van der Waals surface area contributed by atoms with E-state index in [2.05, 4.69) is 25.3 Å². The van der Waals surface area contributed by atoms with E-state index in [0.29, 0.717) is 52.1 Å². The molecule has 15 nitrogen and oxygen atoms in total. The van der Waals surface area contributed by atoms with Crippen LogP contribution < -0.4 is 24.6 Å². The number of ketones is 1. The maximum absolute atomic E-state index is 15.8. The predicted octanol–water partition coefficient (Wildman–Crippen LogP) is 5.76. The summed E-state index contributed by atoms with van der Waals surface area (Å²) in [5, 5.41) is 14.3.